The normalized spacial score (nSPS) is 16.2. The summed E-state index contributed by atoms with van der Waals surface area (Å²) in [6.07, 6.45) is 6.57. The summed E-state index contributed by atoms with van der Waals surface area (Å²) in [6, 6.07) is 17.4. The Bertz CT molecular complexity index is 873. The van der Waals surface area contributed by atoms with Crippen LogP contribution in [0, 0.1) is 12.8 Å². The zero-order valence-corrected chi connectivity index (χ0v) is 16.7. The van der Waals surface area contributed by atoms with Gasteiger partial charge in [0.05, 0.1) is 17.6 Å². The second-order valence-corrected chi connectivity index (χ2v) is 8.18. The number of nitrogens with zero attached hydrogens (tertiary/aromatic N) is 3. The average Bonchev–Trinajstić information content (AvgIpc) is 2.99. The molecule has 3 aromatic rings. The molecule has 27 heavy (non-hydrogen) atoms. The Morgan fingerprint density at radius 3 is 2.59 bits per heavy atom. The summed E-state index contributed by atoms with van der Waals surface area (Å²) in [6.45, 7) is 5.53. The minimum absolute atomic E-state index is 0.896. The quantitative estimate of drug-likeness (QED) is 0.608. The van der Waals surface area contributed by atoms with Crippen LogP contribution in [0.25, 0.3) is 11.0 Å². The summed E-state index contributed by atoms with van der Waals surface area (Å²) >= 11 is 0. The first kappa shape index (κ1) is 18.2. The van der Waals surface area contributed by atoms with Gasteiger partial charge in [-0.3, -0.25) is 4.90 Å². The fourth-order valence-corrected chi connectivity index (χ4v) is 4.36. The van der Waals surface area contributed by atoms with Crippen LogP contribution in [0.3, 0.4) is 0 Å². The lowest BCUT2D eigenvalue weighted by molar-refractivity contribution is 0.166. The summed E-state index contributed by atoms with van der Waals surface area (Å²) in [5.74, 6) is 2.09. The van der Waals surface area contributed by atoms with Gasteiger partial charge >= 0.3 is 0 Å². The first-order valence-electron chi connectivity index (χ1n) is 10.4. The topological polar surface area (TPSA) is 21.1 Å². The number of hydrogen-bond donors (Lipinski definition) is 0. The van der Waals surface area contributed by atoms with Gasteiger partial charge in [-0.2, -0.15) is 0 Å². The third-order valence-electron chi connectivity index (χ3n) is 6.12. The van der Waals surface area contributed by atoms with E-state index in [9.17, 15) is 0 Å². The number of imidazole rings is 1. The molecule has 0 N–H and O–H groups in total. The number of rotatable bonds is 6. The number of aryl methyl sites for hydroxylation is 3. The van der Waals surface area contributed by atoms with Crippen LogP contribution in [0.2, 0.25) is 0 Å². The molecule has 0 radical (unpaired) electrons. The van der Waals surface area contributed by atoms with Crippen LogP contribution in [0.1, 0.15) is 42.6 Å². The van der Waals surface area contributed by atoms with Crippen LogP contribution in [-0.2, 0) is 20.0 Å². The molecule has 0 spiro atoms. The van der Waals surface area contributed by atoms with E-state index < -0.39 is 0 Å². The number of hydrogen-bond acceptors (Lipinski definition) is 2. The zero-order valence-electron chi connectivity index (χ0n) is 16.7. The van der Waals surface area contributed by atoms with Crippen molar-refractivity contribution in [3.63, 3.8) is 0 Å². The van der Waals surface area contributed by atoms with Crippen molar-refractivity contribution in [3.05, 3.63) is 65.5 Å². The molecular weight excluding hydrogens is 330 g/mol. The summed E-state index contributed by atoms with van der Waals surface area (Å²) in [5.41, 5.74) is 5.15. The van der Waals surface area contributed by atoms with Gasteiger partial charge in [-0.05, 0) is 74.9 Å². The van der Waals surface area contributed by atoms with Crippen LogP contribution < -0.4 is 0 Å². The van der Waals surface area contributed by atoms with E-state index in [4.69, 9.17) is 4.98 Å². The van der Waals surface area contributed by atoms with Crippen LogP contribution >= 0.6 is 0 Å². The Kier molecular flexibility index (Phi) is 5.58. The first-order valence-corrected chi connectivity index (χ1v) is 10.4. The van der Waals surface area contributed by atoms with E-state index in [1.807, 2.05) is 0 Å². The molecule has 1 fully saturated rings. The molecule has 3 heteroatoms. The SMILES string of the molecule is Cc1ccc2nc(CN3CCC(CCCc4ccccc4)CC3)n(C)c2c1. The fraction of sp³-hybridized carbons (Fsp3) is 0.458. The van der Waals surface area contributed by atoms with Crippen LogP contribution in [0.5, 0.6) is 0 Å². The molecule has 1 aliphatic rings. The predicted molar refractivity (Wildman–Crippen MR) is 113 cm³/mol. The molecule has 2 aromatic carbocycles. The monoisotopic (exact) mass is 361 g/mol. The van der Waals surface area contributed by atoms with Gasteiger partial charge in [-0.1, -0.05) is 42.8 Å². The second-order valence-electron chi connectivity index (χ2n) is 8.18. The van der Waals surface area contributed by atoms with Gasteiger partial charge in [-0.25, -0.2) is 4.98 Å². The van der Waals surface area contributed by atoms with E-state index in [-0.39, 0.29) is 0 Å². The minimum Gasteiger partial charge on any atom is -0.330 e. The van der Waals surface area contributed by atoms with E-state index in [1.54, 1.807) is 0 Å². The number of piperidine rings is 1. The fourth-order valence-electron chi connectivity index (χ4n) is 4.36. The molecule has 2 heterocycles. The predicted octanol–water partition coefficient (Wildman–Crippen LogP) is 5.12. The van der Waals surface area contributed by atoms with Crippen molar-refractivity contribution in [2.75, 3.05) is 13.1 Å². The highest BCUT2D eigenvalue weighted by Crippen LogP contribution is 2.25. The van der Waals surface area contributed by atoms with Gasteiger partial charge in [0.25, 0.3) is 0 Å². The molecule has 0 atom stereocenters. The zero-order chi connectivity index (χ0) is 18.6. The highest BCUT2D eigenvalue weighted by molar-refractivity contribution is 5.76. The highest BCUT2D eigenvalue weighted by atomic mass is 15.2. The van der Waals surface area contributed by atoms with Crippen molar-refractivity contribution in [2.24, 2.45) is 13.0 Å². The minimum atomic E-state index is 0.896. The largest absolute Gasteiger partial charge is 0.330 e. The Labute approximate surface area is 163 Å². The highest BCUT2D eigenvalue weighted by Gasteiger charge is 2.20. The number of aromatic nitrogens is 2. The standard InChI is InChI=1S/C24H31N3/c1-19-11-12-22-23(17-19)26(2)24(25-22)18-27-15-13-21(14-16-27)10-6-9-20-7-4-3-5-8-20/h3-5,7-8,11-12,17,21H,6,9-10,13-16,18H2,1-2H3. The van der Waals surface area contributed by atoms with Crippen molar-refractivity contribution in [3.8, 4) is 0 Å². The van der Waals surface area contributed by atoms with Crippen molar-refractivity contribution in [2.45, 2.75) is 45.6 Å². The van der Waals surface area contributed by atoms with E-state index in [0.717, 1.165) is 18.0 Å². The maximum Gasteiger partial charge on any atom is 0.123 e. The molecule has 1 aliphatic heterocycles. The third kappa shape index (κ3) is 4.41. The lowest BCUT2D eigenvalue weighted by Gasteiger charge is -2.31. The Morgan fingerprint density at radius 1 is 1.04 bits per heavy atom. The number of benzene rings is 2. The summed E-state index contributed by atoms with van der Waals surface area (Å²) in [7, 11) is 2.15. The van der Waals surface area contributed by atoms with Gasteiger partial charge in [0.2, 0.25) is 0 Å². The third-order valence-corrected chi connectivity index (χ3v) is 6.12. The second kappa shape index (κ2) is 8.26. The molecule has 0 aliphatic carbocycles. The molecule has 0 saturated carbocycles. The Morgan fingerprint density at radius 2 is 1.81 bits per heavy atom. The lowest BCUT2D eigenvalue weighted by atomic mass is 9.91. The molecule has 4 rings (SSSR count). The van der Waals surface area contributed by atoms with Gasteiger partial charge in [0.15, 0.2) is 0 Å². The molecule has 1 aromatic heterocycles. The first-order chi connectivity index (χ1) is 13.2. The summed E-state index contributed by atoms with van der Waals surface area (Å²) < 4.78 is 2.27. The molecule has 0 amide bonds. The molecule has 142 valence electrons. The maximum absolute atomic E-state index is 4.87. The van der Waals surface area contributed by atoms with Crippen LogP contribution in [0.15, 0.2) is 48.5 Å². The number of likely N-dealkylation sites (tertiary alicyclic amines) is 1. The van der Waals surface area contributed by atoms with Crippen LogP contribution in [0.4, 0.5) is 0 Å². The van der Waals surface area contributed by atoms with Crippen molar-refractivity contribution in [1.82, 2.24) is 14.5 Å². The van der Waals surface area contributed by atoms with Crippen LogP contribution in [-0.4, -0.2) is 27.5 Å². The van der Waals surface area contributed by atoms with E-state index >= 15 is 0 Å². The molecule has 3 nitrogen and oxygen atoms in total. The smallest absolute Gasteiger partial charge is 0.123 e. The average molecular weight is 362 g/mol. The van der Waals surface area contributed by atoms with Gasteiger partial charge in [-0.15, -0.1) is 0 Å². The maximum atomic E-state index is 4.87. The lowest BCUT2D eigenvalue weighted by Crippen LogP contribution is -2.34. The number of fused-ring (bicyclic) bond motifs is 1. The Balaban J connectivity index is 1.26. The molecule has 0 bridgehead atoms. The van der Waals surface area contributed by atoms with Gasteiger partial charge in [0.1, 0.15) is 5.82 Å². The van der Waals surface area contributed by atoms with Crippen molar-refractivity contribution < 1.29 is 0 Å². The van der Waals surface area contributed by atoms with Gasteiger partial charge < -0.3 is 4.57 Å². The van der Waals surface area contributed by atoms with E-state index in [0.29, 0.717) is 0 Å². The molecule has 0 unspecified atom stereocenters. The summed E-state index contributed by atoms with van der Waals surface area (Å²) in [4.78, 5) is 7.46. The van der Waals surface area contributed by atoms with Gasteiger partial charge in [0, 0.05) is 7.05 Å². The molecular formula is C24H31N3. The van der Waals surface area contributed by atoms with E-state index in [1.165, 1.54) is 67.7 Å². The van der Waals surface area contributed by atoms with E-state index in [2.05, 4.69) is 72.0 Å². The Hall–Kier alpha value is -2.13. The van der Waals surface area contributed by atoms with Crippen molar-refractivity contribution >= 4 is 11.0 Å². The molecule has 1 saturated heterocycles. The van der Waals surface area contributed by atoms with Crippen molar-refractivity contribution in [1.29, 1.82) is 0 Å². The summed E-state index contributed by atoms with van der Waals surface area (Å²) in [5, 5.41) is 0.